The minimum Gasteiger partial charge on any atom is -0.395 e. The van der Waals surface area contributed by atoms with E-state index in [9.17, 15) is 8.42 Å². The second-order valence-electron chi connectivity index (χ2n) is 4.50. The van der Waals surface area contributed by atoms with Crippen LogP contribution < -0.4 is 4.72 Å². The molecular formula is C13H22N2O4S. The molecule has 0 saturated heterocycles. The molecule has 20 heavy (non-hydrogen) atoms. The monoisotopic (exact) mass is 302 g/mol. The first-order chi connectivity index (χ1) is 9.49. The third kappa shape index (κ3) is 5.56. The summed E-state index contributed by atoms with van der Waals surface area (Å²) in [6.07, 6.45) is 0. The van der Waals surface area contributed by atoms with Crippen LogP contribution in [0.3, 0.4) is 0 Å². The molecule has 7 heteroatoms. The Morgan fingerprint density at radius 2 is 1.80 bits per heavy atom. The molecule has 1 rings (SSSR count). The predicted octanol–water partition coefficient (Wildman–Crippen LogP) is -0.440. The lowest BCUT2D eigenvalue weighted by atomic mass is 10.2. The number of sulfonamides is 1. The van der Waals surface area contributed by atoms with Gasteiger partial charge < -0.3 is 10.2 Å². The predicted molar refractivity (Wildman–Crippen MR) is 77.0 cm³/mol. The third-order valence-electron chi connectivity index (χ3n) is 2.85. The zero-order valence-corrected chi connectivity index (χ0v) is 12.4. The van der Waals surface area contributed by atoms with Gasteiger partial charge in [-0.25, -0.2) is 13.1 Å². The molecule has 1 aromatic rings. The Balaban J connectivity index is 2.55. The maximum absolute atomic E-state index is 12.1. The highest BCUT2D eigenvalue weighted by molar-refractivity contribution is 7.89. The van der Waals surface area contributed by atoms with Gasteiger partial charge in [0.1, 0.15) is 0 Å². The summed E-state index contributed by atoms with van der Waals surface area (Å²) in [6.45, 7) is 3.28. The van der Waals surface area contributed by atoms with Crippen LogP contribution in [-0.4, -0.2) is 62.9 Å². The fraction of sp³-hybridized carbons (Fsp3) is 0.538. The maximum atomic E-state index is 12.1. The summed E-state index contributed by atoms with van der Waals surface area (Å²) < 4.78 is 26.6. The lowest BCUT2D eigenvalue weighted by Crippen LogP contribution is -2.37. The Kier molecular flexibility index (Phi) is 7.11. The smallest absolute Gasteiger partial charge is 0.240 e. The number of nitrogens with zero attached hydrogens (tertiary/aromatic N) is 1. The number of hydrogen-bond acceptors (Lipinski definition) is 5. The molecule has 0 atom stereocenters. The molecule has 114 valence electrons. The van der Waals surface area contributed by atoms with Crippen molar-refractivity contribution in [2.75, 3.05) is 39.4 Å². The van der Waals surface area contributed by atoms with Crippen molar-refractivity contribution in [2.24, 2.45) is 0 Å². The molecule has 0 bridgehead atoms. The van der Waals surface area contributed by atoms with E-state index in [-0.39, 0.29) is 24.7 Å². The summed E-state index contributed by atoms with van der Waals surface area (Å²) in [7, 11) is -3.51. The van der Waals surface area contributed by atoms with Crippen LogP contribution in [0.2, 0.25) is 0 Å². The van der Waals surface area contributed by atoms with Crippen LogP contribution in [0.4, 0.5) is 0 Å². The van der Waals surface area contributed by atoms with Crippen LogP contribution in [0.5, 0.6) is 0 Å². The Hall–Kier alpha value is -0.990. The van der Waals surface area contributed by atoms with E-state index < -0.39 is 10.0 Å². The number of rotatable bonds is 9. The summed E-state index contributed by atoms with van der Waals surface area (Å²) in [5.41, 5.74) is 0.884. The number of hydrogen-bond donors (Lipinski definition) is 3. The van der Waals surface area contributed by atoms with Crippen molar-refractivity contribution in [1.82, 2.24) is 9.62 Å². The van der Waals surface area contributed by atoms with Crippen LogP contribution in [0.15, 0.2) is 29.2 Å². The second-order valence-corrected chi connectivity index (χ2v) is 6.27. The second kappa shape index (κ2) is 8.33. The Morgan fingerprint density at radius 1 is 1.15 bits per heavy atom. The van der Waals surface area contributed by atoms with Gasteiger partial charge in [-0.3, -0.25) is 4.90 Å². The third-order valence-corrected chi connectivity index (χ3v) is 4.31. The first kappa shape index (κ1) is 17.1. The molecule has 0 aliphatic rings. The van der Waals surface area contributed by atoms with Crippen molar-refractivity contribution >= 4 is 10.0 Å². The van der Waals surface area contributed by atoms with Gasteiger partial charge in [0, 0.05) is 26.2 Å². The van der Waals surface area contributed by atoms with E-state index in [1.807, 2.05) is 13.0 Å². The molecule has 0 aromatic heterocycles. The summed E-state index contributed by atoms with van der Waals surface area (Å²) in [4.78, 5) is 2.03. The number of aliphatic hydroxyl groups excluding tert-OH is 2. The fourth-order valence-electron chi connectivity index (χ4n) is 1.82. The van der Waals surface area contributed by atoms with Gasteiger partial charge in [0.25, 0.3) is 0 Å². The van der Waals surface area contributed by atoms with E-state index in [4.69, 9.17) is 10.2 Å². The van der Waals surface area contributed by atoms with Gasteiger partial charge in [0.05, 0.1) is 18.1 Å². The molecule has 3 N–H and O–H groups in total. The van der Waals surface area contributed by atoms with Gasteiger partial charge in [0.2, 0.25) is 10.0 Å². The molecule has 0 spiro atoms. The molecular weight excluding hydrogens is 280 g/mol. The molecule has 0 heterocycles. The van der Waals surface area contributed by atoms with E-state index in [1.165, 1.54) is 0 Å². The molecule has 0 unspecified atom stereocenters. The van der Waals surface area contributed by atoms with Crippen LogP contribution in [-0.2, 0) is 10.0 Å². The Labute approximate surface area is 120 Å². The van der Waals surface area contributed by atoms with Gasteiger partial charge in [0.15, 0.2) is 0 Å². The van der Waals surface area contributed by atoms with Gasteiger partial charge in [-0.2, -0.15) is 0 Å². The minimum atomic E-state index is -3.51. The molecule has 1 aromatic carbocycles. The van der Waals surface area contributed by atoms with Gasteiger partial charge in [-0.1, -0.05) is 12.1 Å². The zero-order valence-electron chi connectivity index (χ0n) is 11.6. The van der Waals surface area contributed by atoms with Crippen LogP contribution >= 0.6 is 0 Å². The lowest BCUT2D eigenvalue weighted by molar-refractivity contribution is 0.163. The summed E-state index contributed by atoms with van der Waals surface area (Å²) in [5, 5.41) is 17.7. The van der Waals surface area contributed by atoms with Crippen LogP contribution in [0.25, 0.3) is 0 Å². The van der Waals surface area contributed by atoms with Crippen molar-refractivity contribution in [2.45, 2.75) is 11.8 Å². The normalized spacial score (nSPS) is 12.0. The van der Waals surface area contributed by atoms with E-state index in [1.54, 1.807) is 23.1 Å². The van der Waals surface area contributed by atoms with Crippen molar-refractivity contribution in [1.29, 1.82) is 0 Å². The summed E-state index contributed by atoms with van der Waals surface area (Å²) >= 11 is 0. The topological polar surface area (TPSA) is 89.9 Å². The van der Waals surface area contributed by atoms with E-state index in [0.717, 1.165) is 5.56 Å². The minimum absolute atomic E-state index is 0.0232. The Morgan fingerprint density at radius 3 is 2.35 bits per heavy atom. The number of benzene rings is 1. The van der Waals surface area contributed by atoms with Crippen molar-refractivity contribution < 1.29 is 18.6 Å². The SMILES string of the molecule is Cc1cccc(S(=O)(=O)NCCN(CCO)CCO)c1. The summed E-state index contributed by atoms with van der Waals surface area (Å²) in [5.74, 6) is 0. The van der Waals surface area contributed by atoms with Gasteiger partial charge in [-0.05, 0) is 24.6 Å². The van der Waals surface area contributed by atoms with E-state index in [2.05, 4.69) is 4.72 Å². The van der Waals surface area contributed by atoms with Crippen molar-refractivity contribution in [3.8, 4) is 0 Å². The lowest BCUT2D eigenvalue weighted by Gasteiger charge is -2.20. The molecule has 0 saturated carbocycles. The number of aliphatic hydroxyl groups is 2. The molecule has 0 aliphatic carbocycles. The molecule has 6 nitrogen and oxygen atoms in total. The zero-order chi connectivity index (χ0) is 15.0. The standard InChI is InChI=1S/C13H22N2O4S/c1-12-3-2-4-13(11-12)20(18,19)14-5-6-15(7-9-16)8-10-17/h2-4,11,14,16-17H,5-10H2,1H3. The van der Waals surface area contributed by atoms with Gasteiger partial charge in [-0.15, -0.1) is 0 Å². The quantitative estimate of drug-likeness (QED) is 0.575. The fourth-order valence-corrected chi connectivity index (χ4v) is 2.95. The van der Waals surface area contributed by atoms with Gasteiger partial charge >= 0.3 is 0 Å². The molecule has 0 amide bonds. The average molecular weight is 302 g/mol. The highest BCUT2D eigenvalue weighted by Gasteiger charge is 2.14. The van der Waals surface area contributed by atoms with E-state index >= 15 is 0 Å². The number of nitrogens with one attached hydrogen (secondary N) is 1. The highest BCUT2D eigenvalue weighted by Crippen LogP contribution is 2.10. The van der Waals surface area contributed by atoms with Crippen LogP contribution in [0.1, 0.15) is 5.56 Å². The average Bonchev–Trinajstić information content (AvgIpc) is 2.39. The molecule has 0 aliphatic heterocycles. The molecule has 0 radical (unpaired) electrons. The maximum Gasteiger partial charge on any atom is 0.240 e. The highest BCUT2D eigenvalue weighted by atomic mass is 32.2. The number of aryl methyl sites for hydroxylation is 1. The van der Waals surface area contributed by atoms with Crippen LogP contribution in [0, 0.1) is 6.92 Å². The largest absolute Gasteiger partial charge is 0.395 e. The first-order valence-electron chi connectivity index (χ1n) is 6.50. The van der Waals surface area contributed by atoms with Crippen molar-refractivity contribution in [3.05, 3.63) is 29.8 Å². The Bertz CT molecular complexity index is 499. The van der Waals surface area contributed by atoms with E-state index in [0.29, 0.717) is 19.6 Å². The molecule has 0 fully saturated rings. The first-order valence-corrected chi connectivity index (χ1v) is 7.98. The summed E-state index contributed by atoms with van der Waals surface area (Å²) in [6, 6.07) is 6.70. The van der Waals surface area contributed by atoms with Crippen molar-refractivity contribution in [3.63, 3.8) is 0 Å².